The van der Waals surface area contributed by atoms with Crippen LogP contribution in [-0.2, 0) is 4.79 Å². The summed E-state index contributed by atoms with van der Waals surface area (Å²) >= 11 is 0. The van der Waals surface area contributed by atoms with Gasteiger partial charge < -0.3 is 5.32 Å². The number of amides is 1. The first-order valence-corrected chi connectivity index (χ1v) is 6.67. The van der Waals surface area contributed by atoms with Gasteiger partial charge in [0.1, 0.15) is 5.82 Å². The molecule has 0 aliphatic heterocycles. The molecule has 3 nitrogen and oxygen atoms in total. The maximum atomic E-state index is 13.2. The van der Waals surface area contributed by atoms with Gasteiger partial charge in [0.05, 0.1) is 6.04 Å². The molecule has 0 saturated heterocycles. The molecular weight excluding hydrogens is 243 g/mol. The van der Waals surface area contributed by atoms with E-state index in [0.29, 0.717) is 5.92 Å². The van der Waals surface area contributed by atoms with Crippen LogP contribution in [0.4, 0.5) is 4.39 Å². The van der Waals surface area contributed by atoms with Gasteiger partial charge in [0.2, 0.25) is 5.91 Å². The van der Waals surface area contributed by atoms with Gasteiger partial charge in [-0.15, -0.1) is 0 Å². The second-order valence-corrected chi connectivity index (χ2v) is 5.24. The lowest BCUT2D eigenvalue weighted by atomic mass is 10.0. The second-order valence-electron chi connectivity index (χ2n) is 5.24. The number of carbonyl (C=O) groups is 1. The number of hydrogen-bond donors (Lipinski definition) is 2. The van der Waals surface area contributed by atoms with Crippen LogP contribution in [0.5, 0.6) is 0 Å². The van der Waals surface area contributed by atoms with E-state index in [1.807, 2.05) is 13.0 Å². The summed E-state index contributed by atoms with van der Waals surface area (Å²) in [5.74, 6) is 0.123. The van der Waals surface area contributed by atoms with E-state index >= 15 is 0 Å². The van der Waals surface area contributed by atoms with Gasteiger partial charge in [0.25, 0.3) is 0 Å². The number of rotatable bonds is 6. The fourth-order valence-corrected chi connectivity index (χ4v) is 2.07. The fourth-order valence-electron chi connectivity index (χ4n) is 2.07. The Hall–Kier alpha value is -1.42. The van der Waals surface area contributed by atoms with Crippen LogP contribution in [0, 0.1) is 11.7 Å². The van der Waals surface area contributed by atoms with Crippen LogP contribution >= 0.6 is 0 Å². The molecule has 0 aliphatic carbocycles. The summed E-state index contributed by atoms with van der Waals surface area (Å²) in [4.78, 5) is 11.8. The van der Waals surface area contributed by atoms with Gasteiger partial charge in [-0.2, -0.15) is 0 Å². The van der Waals surface area contributed by atoms with Crippen LogP contribution in [0.1, 0.15) is 38.8 Å². The highest BCUT2D eigenvalue weighted by atomic mass is 19.1. The predicted molar refractivity (Wildman–Crippen MR) is 75.3 cm³/mol. The smallest absolute Gasteiger partial charge is 0.236 e. The minimum atomic E-state index is -0.261. The molecular formula is C15H23FN2O. The summed E-state index contributed by atoms with van der Waals surface area (Å²) in [6, 6.07) is 6.12. The van der Waals surface area contributed by atoms with Gasteiger partial charge in [0, 0.05) is 13.1 Å². The Kier molecular flexibility index (Phi) is 5.96. The number of halogens is 1. The van der Waals surface area contributed by atoms with Gasteiger partial charge in [-0.05, 0) is 37.0 Å². The molecule has 0 spiro atoms. The Morgan fingerprint density at radius 2 is 2.00 bits per heavy atom. The van der Waals surface area contributed by atoms with Crippen molar-refractivity contribution in [3.05, 3.63) is 35.6 Å². The Balaban J connectivity index is 2.75. The number of benzene rings is 1. The molecule has 4 heteroatoms. The third-order valence-corrected chi connectivity index (χ3v) is 3.07. The van der Waals surface area contributed by atoms with E-state index in [1.54, 1.807) is 13.1 Å². The monoisotopic (exact) mass is 266 g/mol. The largest absolute Gasteiger partial charge is 0.358 e. The van der Waals surface area contributed by atoms with Crippen molar-refractivity contribution in [2.45, 2.75) is 39.3 Å². The van der Waals surface area contributed by atoms with Crippen LogP contribution in [0.3, 0.4) is 0 Å². The summed E-state index contributed by atoms with van der Waals surface area (Å²) in [7, 11) is 1.63. The Bertz CT molecular complexity index is 420. The summed E-state index contributed by atoms with van der Waals surface area (Å²) in [6.45, 7) is 6.08. The van der Waals surface area contributed by atoms with E-state index in [-0.39, 0.29) is 23.8 Å². The van der Waals surface area contributed by atoms with Crippen LogP contribution in [0.2, 0.25) is 0 Å². The van der Waals surface area contributed by atoms with Crippen molar-refractivity contribution in [3.63, 3.8) is 0 Å². The van der Waals surface area contributed by atoms with Gasteiger partial charge >= 0.3 is 0 Å². The lowest BCUT2D eigenvalue weighted by molar-refractivity contribution is -0.123. The van der Waals surface area contributed by atoms with Crippen molar-refractivity contribution in [3.8, 4) is 0 Å². The average molecular weight is 266 g/mol. The molecule has 0 bridgehead atoms. The second kappa shape index (κ2) is 7.24. The minimum Gasteiger partial charge on any atom is -0.358 e. The molecule has 1 rings (SSSR count). The van der Waals surface area contributed by atoms with E-state index in [0.717, 1.165) is 12.0 Å². The van der Waals surface area contributed by atoms with Crippen LogP contribution < -0.4 is 10.6 Å². The fraction of sp³-hybridized carbons (Fsp3) is 0.533. The van der Waals surface area contributed by atoms with Gasteiger partial charge in [0.15, 0.2) is 0 Å². The Labute approximate surface area is 114 Å². The number of likely N-dealkylation sites (N-methyl/N-ethyl adjacent to an activating group) is 1. The number of nitrogens with one attached hydrogen (secondary N) is 2. The van der Waals surface area contributed by atoms with Gasteiger partial charge in [-0.1, -0.05) is 26.0 Å². The average Bonchev–Trinajstić information content (AvgIpc) is 2.36. The van der Waals surface area contributed by atoms with E-state index in [4.69, 9.17) is 0 Å². The molecule has 0 saturated carbocycles. The summed E-state index contributed by atoms with van der Waals surface area (Å²) < 4.78 is 13.2. The highest BCUT2D eigenvalue weighted by Crippen LogP contribution is 2.16. The molecule has 1 aromatic carbocycles. The lowest BCUT2D eigenvalue weighted by Gasteiger charge is -2.24. The van der Waals surface area contributed by atoms with Crippen molar-refractivity contribution < 1.29 is 9.18 Å². The number of hydrogen-bond acceptors (Lipinski definition) is 2. The SMILES string of the molecule is CNC(=O)C(CC(C)C)NC(C)c1cccc(F)c1. The molecule has 0 fully saturated rings. The molecule has 19 heavy (non-hydrogen) atoms. The number of carbonyl (C=O) groups excluding carboxylic acids is 1. The first kappa shape index (κ1) is 15.6. The van der Waals surface area contributed by atoms with Crippen molar-refractivity contribution in [2.24, 2.45) is 5.92 Å². The summed E-state index contributed by atoms with van der Waals surface area (Å²) in [6.07, 6.45) is 0.749. The van der Waals surface area contributed by atoms with Crippen molar-refractivity contribution in [2.75, 3.05) is 7.05 Å². The molecule has 0 aromatic heterocycles. The van der Waals surface area contributed by atoms with Crippen molar-refractivity contribution >= 4 is 5.91 Å². The molecule has 2 atom stereocenters. The van der Waals surface area contributed by atoms with Gasteiger partial charge in [-0.25, -0.2) is 4.39 Å². The minimum absolute atomic E-state index is 0.0306. The Morgan fingerprint density at radius 1 is 1.32 bits per heavy atom. The van der Waals surface area contributed by atoms with Gasteiger partial charge in [-0.3, -0.25) is 10.1 Å². The molecule has 2 unspecified atom stereocenters. The molecule has 0 heterocycles. The molecule has 1 amide bonds. The van der Waals surface area contributed by atoms with E-state index < -0.39 is 0 Å². The summed E-state index contributed by atoms with van der Waals surface area (Å²) in [5.41, 5.74) is 0.845. The molecule has 1 aromatic rings. The molecule has 0 aliphatic rings. The van der Waals surface area contributed by atoms with Crippen LogP contribution in [-0.4, -0.2) is 19.0 Å². The van der Waals surface area contributed by atoms with Crippen molar-refractivity contribution in [1.82, 2.24) is 10.6 Å². The molecule has 0 radical (unpaired) electrons. The highest BCUT2D eigenvalue weighted by molar-refractivity contribution is 5.81. The van der Waals surface area contributed by atoms with E-state index in [9.17, 15) is 9.18 Å². The summed E-state index contributed by atoms with van der Waals surface area (Å²) in [5, 5.41) is 5.93. The van der Waals surface area contributed by atoms with E-state index in [2.05, 4.69) is 24.5 Å². The maximum Gasteiger partial charge on any atom is 0.236 e. The zero-order valence-corrected chi connectivity index (χ0v) is 12.0. The first-order chi connectivity index (χ1) is 8.93. The standard InChI is InChI=1S/C15H23FN2O/c1-10(2)8-14(15(19)17-4)18-11(3)12-6-5-7-13(16)9-12/h5-7,9-11,14,18H,8H2,1-4H3,(H,17,19). The Morgan fingerprint density at radius 3 is 2.53 bits per heavy atom. The maximum absolute atomic E-state index is 13.2. The van der Waals surface area contributed by atoms with Crippen LogP contribution in [0.15, 0.2) is 24.3 Å². The lowest BCUT2D eigenvalue weighted by Crippen LogP contribution is -2.44. The zero-order valence-electron chi connectivity index (χ0n) is 12.0. The topological polar surface area (TPSA) is 41.1 Å². The molecule has 106 valence electrons. The third kappa shape index (κ3) is 4.99. The molecule has 2 N–H and O–H groups in total. The predicted octanol–water partition coefficient (Wildman–Crippen LogP) is 2.64. The quantitative estimate of drug-likeness (QED) is 0.831. The van der Waals surface area contributed by atoms with E-state index in [1.165, 1.54) is 12.1 Å². The highest BCUT2D eigenvalue weighted by Gasteiger charge is 2.21. The third-order valence-electron chi connectivity index (χ3n) is 3.07. The normalized spacial score (nSPS) is 14.2. The van der Waals surface area contributed by atoms with Crippen molar-refractivity contribution in [1.29, 1.82) is 0 Å². The van der Waals surface area contributed by atoms with Crippen LogP contribution in [0.25, 0.3) is 0 Å². The zero-order chi connectivity index (χ0) is 14.4. The first-order valence-electron chi connectivity index (χ1n) is 6.67.